The van der Waals surface area contributed by atoms with Crippen molar-refractivity contribution >= 4 is 5.65 Å². The van der Waals surface area contributed by atoms with Gasteiger partial charge in [0.15, 0.2) is 0 Å². The minimum atomic E-state index is 0.317. The number of imidazole rings is 1. The Hall–Kier alpha value is -2.24. The monoisotopic (exact) mass is 363 g/mol. The Bertz CT molecular complexity index is 916. The molecule has 1 aliphatic heterocycles. The molecule has 27 heavy (non-hydrogen) atoms. The number of nitrogens with two attached hydrogens (primary N) is 1. The summed E-state index contributed by atoms with van der Waals surface area (Å²) in [5, 5.41) is 0. The van der Waals surface area contributed by atoms with E-state index in [1.807, 2.05) is 12.3 Å². The van der Waals surface area contributed by atoms with Crippen LogP contribution in [0.4, 0.5) is 0 Å². The number of rotatable bonds is 5. The van der Waals surface area contributed by atoms with Crippen LogP contribution in [0.15, 0.2) is 42.7 Å². The van der Waals surface area contributed by atoms with E-state index in [0.29, 0.717) is 18.6 Å². The van der Waals surface area contributed by atoms with Gasteiger partial charge in [0.2, 0.25) is 0 Å². The summed E-state index contributed by atoms with van der Waals surface area (Å²) in [6.07, 6.45) is 9.47. The van der Waals surface area contributed by atoms with Crippen molar-refractivity contribution in [2.45, 2.75) is 51.1 Å². The molecule has 0 aromatic carbocycles. The summed E-state index contributed by atoms with van der Waals surface area (Å²) in [5.74, 6) is 0. The van der Waals surface area contributed by atoms with Crippen LogP contribution in [-0.2, 0) is 6.42 Å². The van der Waals surface area contributed by atoms with E-state index in [2.05, 4.69) is 53.7 Å². The van der Waals surface area contributed by atoms with E-state index in [9.17, 15) is 0 Å². The molecule has 0 saturated carbocycles. The van der Waals surface area contributed by atoms with Crippen LogP contribution in [0, 0.1) is 6.92 Å². The maximum atomic E-state index is 5.81. The molecule has 0 spiro atoms. The van der Waals surface area contributed by atoms with Gasteiger partial charge in [-0.25, -0.2) is 4.98 Å². The molecule has 0 amide bonds. The number of aryl methyl sites for hydroxylation is 2. The first kappa shape index (κ1) is 18.1. The lowest BCUT2D eigenvalue weighted by Gasteiger charge is -2.39. The number of aromatic nitrogens is 3. The van der Waals surface area contributed by atoms with Crippen molar-refractivity contribution in [2.75, 3.05) is 13.6 Å². The van der Waals surface area contributed by atoms with E-state index in [1.54, 1.807) is 0 Å². The molecule has 3 aromatic heterocycles. The second kappa shape index (κ2) is 7.79. The van der Waals surface area contributed by atoms with E-state index >= 15 is 0 Å². The first-order valence-corrected chi connectivity index (χ1v) is 10.00. The molecule has 2 unspecified atom stereocenters. The lowest BCUT2D eigenvalue weighted by atomic mass is 9.90. The number of likely N-dealkylation sites (tertiary alicyclic amines) is 1. The van der Waals surface area contributed by atoms with Crippen LogP contribution in [0.1, 0.15) is 60.4 Å². The van der Waals surface area contributed by atoms with Gasteiger partial charge in [-0.1, -0.05) is 12.1 Å². The number of fused-ring (bicyclic) bond motifs is 1. The summed E-state index contributed by atoms with van der Waals surface area (Å²) in [6.45, 7) is 2.87. The molecule has 1 saturated heterocycles. The highest BCUT2D eigenvalue weighted by Crippen LogP contribution is 2.41. The van der Waals surface area contributed by atoms with Gasteiger partial charge < -0.3 is 10.1 Å². The molecular weight excluding hydrogens is 334 g/mol. The van der Waals surface area contributed by atoms with Gasteiger partial charge in [-0.05, 0) is 76.4 Å². The summed E-state index contributed by atoms with van der Waals surface area (Å²) in [4.78, 5) is 12.3. The summed E-state index contributed by atoms with van der Waals surface area (Å²) in [6, 6.07) is 11.1. The first-order valence-electron chi connectivity index (χ1n) is 10.00. The highest BCUT2D eigenvalue weighted by Gasteiger charge is 2.34. The van der Waals surface area contributed by atoms with Crippen LogP contribution in [0.3, 0.4) is 0 Å². The van der Waals surface area contributed by atoms with Crippen molar-refractivity contribution in [1.82, 2.24) is 19.3 Å². The van der Waals surface area contributed by atoms with Crippen molar-refractivity contribution in [3.63, 3.8) is 0 Å². The van der Waals surface area contributed by atoms with E-state index in [-0.39, 0.29) is 0 Å². The molecule has 0 radical (unpaired) electrons. The highest BCUT2D eigenvalue weighted by atomic mass is 15.2. The van der Waals surface area contributed by atoms with Crippen molar-refractivity contribution < 1.29 is 0 Å². The third-order valence-corrected chi connectivity index (χ3v) is 5.90. The van der Waals surface area contributed by atoms with Crippen LogP contribution < -0.4 is 5.73 Å². The van der Waals surface area contributed by atoms with Gasteiger partial charge in [0, 0.05) is 18.1 Å². The molecule has 4 heterocycles. The number of piperidine rings is 1. The Morgan fingerprint density at radius 2 is 1.93 bits per heavy atom. The van der Waals surface area contributed by atoms with Crippen molar-refractivity contribution in [2.24, 2.45) is 5.73 Å². The van der Waals surface area contributed by atoms with Crippen molar-refractivity contribution in [1.29, 1.82) is 0 Å². The Balaban J connectivity index is 1.73. The molecule has 142 valence electrons. The Labute approximate surface area is 161 Å². The van der Waals surface area contributed by atoms with Crippen molar-refractivity contribution in [3.05, 3.63) is 65.4 Å². The summed E-state index contributed by atoms with van der Waals surface area (Å²) < 4.78 is 2.24. The van der Waals surface area contributed by atoms with E-state index in [0.717, 1.165) is 31.3 Å². The molecule has 5 heteroatoms. The molecule has 2 N–H and O–H groups in total. The lowest BCUT2D eigenvalue weighted by molar-refractivity contribution is 0.108. The summed E-state index contributed by atoms with van der Waals surface area (Å²) in [5.41, 5.74) is 11.8. The maximum Gasteiger partial charge on any atom is 0.137 e. The molecule has 4 rings (SSSR count). The largest absolute Gasteiger partial charge is 0.330 e. The standard InChI is InChI=1S/C22H29N5/c1-16-8-7-14-24-21(16)17-9-5-10-18(26(17)2)22-19(11-6-13-23)27-15-4-3-12-20(27)25-22/h3-4,7-8,12,14-15,17-18H,5-6,9-11,13,23H2,1-2H3. The quantitative estimate of drug-likeness (QED) is 0.748. The van der Waals surface area contributed by atoms with Crippen LogP contribution >= 0.6 is 0 Å². The molecule has 3 aromatic rings. The van der Waals surface area contributed by atoms with Gasteiger partial charge in [0.05, 0.1) is 23.5 Å². The van der Waals surface area contributed by atoms with Crippen molar-refractivity contribution in [3.8, 4) is 0 Å². The number of hydrogen-bond acceptors (Lipinski definition) is 4. The Morgan fingerprint density at radius 1 is 1.11 bits per heavy atom. The smallest absolute Gasteiger partial charge is 0.137 e. The fraction of sp³-hybridized carbons (Fsp3) is 0.455. The van der Waals surface area contributed by atoms with Gasteiger partial charge in [0.25, 0.3) is 0 Å². The molecule has 0 aliphatic carbocycles. The predicted molar refractivity (Wildman–Crippen MR) is 109 cm³/mol. The second-order valence-corrected chi connectivity index (χ2v) is 7.60. The first-order chi connectivity index (χ1) is 13.2. The van der Waals surface area contributed by atoms with E-state index in [1.165, 1.54) is 29.1 Å². The van der Waals surface area contributed by atoms with Crippen LogP contribution in [0.2, 0.25) is 0 Å². The fourth-order valence-electron chi connectivity index (χ4n) is 4.48. The Kier molecular flexibility index (Phi) is 5.23. The Morgan fingerprint density at radius 3 is 2.70 bits per heavy atom. The summed E-state index contributed by atoms with van der Waals surface area (Å²) >= 11 is 0. The molecule has 2 atom stereocenters. The minimum absolute atomic E-state index is 0.317. The van der Waals surface area contributed by atoms with Gasteiger partial charge in [-0.3, -0.25) is 9.88 Å². The average Bonchev–Trinajstić information content (AvgIpc) is 3.05. The number of nitrogens with zero attached hydrogens (tertiary/aromatic N) is 4. The molecule has 0 bridgehead atoms. The SMILES string of the molecule is Cc1cccnc1C1CCCC(c2nc3ccccn3c2CCCN)N1C. The van der Waals surface area contributed by atoms with Crippen LogP contribution in [0.5, 0.6) is 0 Å². The second-order valence-electron chi connectivity index (χ2n) is 7.60. The predicted octanol–water partition coefficient (Wildman–Crippen LogP) is 3.83. The highest BCUT2D eigenvalue weighted by molar-refractivity contribution is 5.44. The molecule has 1 aliphatic rings. The van der Waals surface area contributed by atoms with E-state index < -0.39 is 0 Å². The van der Waals surface area contributed by atoms with Gasteiger partial charge >= 0.3 is 0 Å². The topological polar surface area (TPSA) is 59.5 Å². The van der Waals surface area contributed by atoms with E-state index in [4.69, 9.17) is 15.7 Å². The van der Waals surface area contributed by atoms with Gasteiger partial charge in [-0.15, -0.1) is 0 Å². The normalized spacial score (nSPS) is 21.0. The fourth-order valence-corrected chi connectivity index (χ4v) is 4.48. The zero-order valence-electron chi connectivity index (χ0n) is 16.3. The average molecular weight is 364 g/mol. The minimum Gasteiger partial charge on any atom is -0.330 e. The molecule has 1 fully saturated rings. The van der Waals surface area contributed by atoms with Gasteiger partial charge in [-0.2, -0.15) is 0 Å². The number of pyridine rings is 2. The number of hydrogen-bond donors (Lipinski definition) is 1. The van der Waals surface area contributed by atoms with Crippen LogP contribution in [-0.4, -0.2) is 32.9 Å². The lowest BCUT2D eigenvalue weighted by Crippen LogP contribution is -2.34. The molecular formula is C22H29N5. The molecule has 5 nitrogen and oxygen atoms in total. The summed E-state index contributed by atoms with van der Waals surface area (Å²) in [7, 11) is 2.24. The maximum absolute atomic E-state index is 5.81. The zero-order valence-corrected chi connectivity index (χ0v) is 16.3. The zero-order chi connectivity index (χ0) is 18.8. The van der Waals surface area contributed by atoms with Gasteiger partial charge in [0.1, 0.15) is 5.65 Å². The third-order valence-electron chi connectivity index (χ3n) is 5.90. The van der Waals surface area contributed by atoms with Crippen LogP contribution in [0.25, 0.3) is 5.65 Å². The third kappa shape index (κ3) is 3.37.